The lowest BCUT2D eigenvalue weighted by atomic mass is 9.99. The highest BCUT2D eigenvalue weighted by atomic mass is 16.1. The fraction of sp³-hybridized carbons (Fsp3) is 0.154. The summed E-state index contributed by atoms with van der Waals surface area (Å²) in [6, 6.07) is 7.66. The highest BCUT2D eigenvalue weighted by Crippen LogP contribution is 2.24. The van der Waals surface area contributed by atoms with Crippen LogP contribution in [0.3, 0.4) is 0 Å². The van der Waals surface area contributed by atoms with Crippen LogP contribution in [0.5, 0.6) is 0 Å². The molecule has 0 saturated heterocycles. The molecule has 3 aromatic rings. The van der Waals surface area contributed by atoms with Crippen molar-refractivity contribution in [2.45, 2.75) is 5.92 Å². The number of nitrogens with one attached hydrogen (secondary N) is 2. The first-order valence-corrected chi connectivity index (χ1v) is 5.78. The van der Waals surface area contributed by atoms with Gasteiger partial charge in [0.05, 0.1) is 17.1 Å². The van der Waals surface area contributed by atoms with Crippen molar-refractivity contribution in [3.63, 3.8) is 0 Å². The van der Waals surface area contributed by atoms with E-state index in [1.165, 1.54) is 0 Å². The molecule has 6 nitrogen and oxygen atoms in total. The van der Waals surface area contributed by atoms with Crippen LogP contribution in [0, 0.1) is 11.3 Å². The lowest BCUT2D eigenvalue weighted by molar-refractivity contribution is 0.784. The second-order valence-electron chi connectivity index (χ2n) is 4.34. The highest BCUT2D eigenvalue weighted by Gasteiger charge is 2.18. The Balaban J connectivity index is 2.14. The van der Waals surface area contributed by atoms with E-state index in [-0.39, 0.29) is 5.69 Å². The van der Waals surface area contributed by atoms with E-state index >= 15 is 0 Å². The van der Waals surface area contributed by atoms with Gasteiger partial charge >= 0.3 is 5.69 Å². The van der Waals surface area contributed by atoms with Gasteiger partial charge < -0.3 is 14.5 Å². The van der Waals surface area contributed by atoms with Crippen molar-refractivity contribution in [2.24, 2.45) is 7.05 Å². The molecule has 0 aliphatic rings. The summed E-state index contributed by atoms with van der Waals surface area (Å²) in [5.41, 5.74) is 1.97. The monoisotopic (exact) mass is 253 g/mol. The third-order valence-electron chi connectivity index (χ3n) is 3.12. The van der Waals surface area contributed by atoms with E-state index in [1.807, 2.05) is 17.7 Å². The van der Waals surface area contributed by atoms with Crippen LogP contribution in [0.15, 0.2) is 35.4 Å². The highest BCUT2D eigenvalue weighted by molar-refractivity contribution is 5.75. The van der Waals surface area contributed by atoms with Crippen molar-refractivity contribution < 1.29 is 0 Å². The number of hydrogen-bond acceptors (Lipinski definition) is 3. The minimum Gasteiger partial charge on any atom is -0.337 e. The molecular formula is C13H11N5O. The van der Waals surface area contributed by atoms with Crippen molar-refractivity contribution >= 4 is 11.0 Å². The van der Waals surface area contributed by atoms with Gasteiger partial charge in [0.1, 0.15) is 11.7 Å². The normalized spacial score (nSPS) is 12.4. The topological polar surface area (TPSA) is 90.3 Å². The zero-order chi connectivity index (χ0) is 13.4. The fourth-order valence-electron chi connectivity index (χ4n) is 2.17. The predicted molar refractivity (Wildman–Crippen MR) is 69.6 cm³/mol. The number of aromatic amines is 2. The maximum absolute atomic E-state index is 11.2. The van der Waals surface area contributed by atoms with Gasteiger partial charge in [0, 0.05) is 19.4 Å². The van der Waals surface area contributed by atoms with Crippen molar-refractivity contribution in [2.75, 3.05) is 0 Å². The molecule has 0 bridgehead atoms. The molecule has 6 heteroatoms. The van der Waals surface area contributed by atoms with Crippen molar-refractivity contribution in [3.8, 4) is 6.07 Å². The minimum absolute atomic E-state index is 0.252. The number of benzene rings is 1. The number of hydrogen-bond donors (Lipinski definition) is 2. The molecule has 94 valence electrons. The van der Waals surface area contributed by atoms with Gasteiger partial charge in [-0.3, -0.25) is 0 Å². The molecular weight excluding hydrogens is 242 g/mol. The van der Waals surface area contributed by atoms with E-state index < -0.39 is 5.92 Å². The minimum atomic E-state index is -0.456. The van der Waals surface area contributed by atoms with Gasteiger partial charge in [0.2, 0.25) is 0 Å². The second kappa shape index (κ2) is 4.14. The summed E-state index contributed by atoms with van der Waals surface area (Å²) in [7, 11) is 1.85. The summed E-state index contributed by atoms with van der Waals surface area (Å²) < 4.78 is 1.82. The van der Waals surface area contributed by atoms with Crippen LogP contribution in [0.2, 0.25) is 0 Å². The molecule has 2 heterocycles. The third kappa shape index (κ3) is 1.81. The van der Waals surface area contributed by atoms with E-state index in [0.29, 0.717) is 11.3 Å². The smallest absolute Gasteiger partial charge is 0.323 e. The maximum atomic E-state index is 11.2. The van der Waals surface area contributed by atoms with Crippen LogP contribution < -0.4 is 5.69 Å². The first kappa shape index (κ1) is 11.3. The molecule has 19 heavy (non-hydrogen) atoms. The lowest BCUT2D eigenvalue weighted by Crippen LogP contribution is -2.05. The molecule has 1 unspecified atom stereocenters. The molecule has 1 aromatic carbocycles. The van der Waals surface area contributed by atoms with Gasteiger partial charge in [0.15, 0.2) is 0 Å². The molecule has 3 rings (SSSR count). The van der Waals surface area contributed by atoms with E-state index in [2.05, 4.69) is 21.0 Å². The summed E-state index contributed by atoms with van der Waals surface area (Å²) in [6.45, 7) is 0. The second-order valence-corrected chi connectivity index (χ2v) is 4.34. The Labute approximate surface area is 108 Å². The molecule has 1 atom stereocenters. The summed E-state index contributed by atoms with van der Waals surface area (Å²) >= 11 is 0. The Hall–Kier alpha value is -2.81. The number of aromatic nitrogens is 4. The fourth-order valence-corrected chi connectivity index (χ4v) is 2.17. The van der Waals surface area contributed by atoms with Gasteiger partial charge in [-0.05, 0) is 17.7 Å². The molecule has 0 fully saturated rings. The van der Waals surface area contributed by atoms with Crippen LogP contribution in [0.1, 0.15) is 17.3 Å². The van der Waals surface area contributed by atoms with Crippen molar-refractivity contribution in [1.29, 1.82) is 5.26 Å². The predicted octanol–water partition coefficient (Wildman–Crippen LogP) is 1.25. The number of fused-ring (bicyclic) bond motifs is 1. The number of nitriles is 1. The number of H-pyrrole nitrogens is 2. The van der Waals surface area contributed by atoms with Crippen molar-refractivity contribution in [3.05, 3.63) is 52.5 Å². The van der Waals surface area contributed by atoms with E-state index in [4.69, 9.17) is 0 Å². The summed E-state index contributed by atoms with van der Waals surface area (Å²) in [6.07, 6.45) is 3.47. The Bertz CT molecular complexity index is 832. The number of imidazole rings is 2. The van der Waals surface area contributed by atoms with Gasteiger partial charge in [-0.1, -0.05) is 6.07 Å². The molecule has 0 aliphatic carbocycles. The lowest BCUT2D eigenvalue weighted by Gasteiger charge is -2.09. The van der Waals surface area contributed by atoms with Gasteiger partial charge in [0.25, 0.3) is 0 Å². The maximum Gasteiger partial charge on any atom is 0.323 e. The van der Waals surface area contributed by atoms with Gasteiger partial charge in [-0.25, -0.2) is 9.78 Å². The van der Waals surface area contributed by atoms with Crippen LogP contribution in [-0.4, -0.2) is 19.5 Å². The standard InChI is InChI=1S/C13H11N5O/c1-18-5-4-15-12(18)9(7-14)8-2-3-10-11(6-8)17-13(19)16-10/h2-6,9H,1H3,(H2,16,17,19). The van der Waals surface area contributed by atoms with Gasteiger partial charge in [-0.2, -0.15) is 5.26 Å². The average Bonchev–Trinajstić information content (AvgIpc) is 2.95. The van der Waals surface area contributed by atoms with E-state index in [1.54, 1.807) is 24.5 Å². The summed E-state index contributed by atoms with van der Waals surface area (Å²) in [5, 5.41) is 9.37. The Morgan fingerprint density at radius 1 is 1.37 bits per heavy atom. The third-order valence-corrected chi connectivity index (χ3v) is 3.12. The molecule has 2 N–H and O–H groups in total. The van der Waals surface area contributed by atoms with E-state index in [0.717, 1.165) is 11.1 Å². The largest absolute Gasteiger partial charge is 0.337 e. The summed E-state index contributed by atoms with van der Waals surface area (Å²) in [4.78, 5) is 20.8. The van der Waals surface area contributed by atoms with E-state index in [9.17, 15) is 10.1 Å². The molecule has 0 aliphatic heterocycles. The van der Waals surface area contributed by atoms with Crippen LogP contribution >= 0.6 is 0 Å². The molecule has 0 radical (unpaired) electrons. The quantitative estimate of drug-likeness (QED) is 0.720. The molecule has 2 aromatic heterocycles. The van der Waals surface area contributed by atoms with Crippen molar-refractivity contribution in [1.82, 2.24) is 19.5 Å². The summed E-state index contributed by atoms with van der Waals surface area (Å²) in [5.74, 6) is 0.225. The van der Waals surface area contributed by atoms with Crippen LogP contribution in [0.4, 0.5) is 0 Å². The zero-order valence-electron chi connectivity index (χ0n) is 10.2. The number of rotatable bonds is 2. The Morgan fingerprint density at radius 2 is 2.16 bits per heavy atom. The van der Waals surface area contributed by atoms with Crippen LogP contribution in [0.25, 0.3) is 11.0 Å². The Kier molecular flexibility index (Phi) is 2.46. The molecule has 0 saturated carbocycles. The molecule has 0 amide bonds. The van der Waals surface area contributed by atoms with Crippen LogP contribution in [-0.2, 0) is 7.05 Å². The zero-order valence-corrected chi connectivity index (χ0v) is 10.2. The molecule has 0 spiro atoms. The number of nitrogens with zero attached hydrogens (tertiary/aromatic N) is 3. The Morgan fingerprint density at radius 3 is 2.84 bits per heavy atom. The van der Waals surface area contributed by atoms with Gasteiger partial charge in [-0.15, -0.1) is 0 Å². The number of aryl methyl sites for hydroxylation is 1. The first-order chi connectivity index (χ1) is 9.19. The SMILES string of the molecule is Cn1ccnc1C(C#N)c1ccc2[nH]c(=O)[nH]c2c1. The first-order valence-electron chi connectivity index (χ1n) is 5.78. The average molecular weight is 253 g/mol.